The fraction of sp³-hybridized carbons (Fsp3) is 0.571. The van der Waals surface area contributed by atoms with E-state index in [1.54, 1.807) is 7.11 Å². The highest BCUT2D eigenvalue weighted by Gasteiger charge is 2.21. The topological polar surface area (TPSA) is 76.8 Å². The molecule has 0 bridgehead atoms. The second-order valence-corrected chi connectivity index (χ2v) is 7.50. The predicted molar refractivity (Wildman–Crippen MR) is 113 cm³/mol. The van der Waals surface area contributed by atoms with Gasteiger partial charge in [-0.15, -0.1) is 10.2 Å². The number of methoxy groups -OCH3 is 1. The van der Waals surface area contributed by atoms with E-state index in [-0.39, 0.29) is 0 Å². The van der Waals surface area contributed by atoms with Gasteiger partial charge in [0.25, 0.3) is 0 Å². The average molecular weight is 401 g/mol. The van der Waals surface area contributed by atoms with Crippen molar-refractivity contribution in [3.05, 3.63) is 41.5 Å². The van der Waals surface area contributed by atoms with Crippen LogP contribution in [0.2, 0.25) is 0 Å². The number of hydrogen-bond donors (Lipinski definition) is 1. The Balaban J connectivity index is 1.60. The third kappa shape index (κ3) is 6.45. The summed E-state index contributed by atoms with van der Waals surface area (Å²) in [5.41, 5.74) is 1.12. The molecule has 1 fully saturated rings. The molecule has 1 aliphatic rings. The molecule has 0 saturated heterocycles. The highest BCUT2D eigenvalue weighted by molar-refractivity contribution is 5.79. The van der Waals surface area contributed by atoms with Crippen LogP contribution in [0, 0.1) is 12.8 Å². The molecule has 8 nitrogen and oxygen atoms in total. The van der Waals surface area contributed by atoms with Gasteiger partial charge >= 0.3 is 0 Å². The minimum atomic E-state index is 0.562. The van der Waals surface area contributed by atoms with Crippen molar-refractivity contribution in [2.24, 2.45) is 18.0 Å². The third-order valence-corrected chi connectivity index (χ3v) is 5.14. The number of aromatic nitrogens is 3. The lowest BCUT2D eigenvalue weighted by Crippen LogP contribution is -2.40. The fourth-order valence-corrected chi connectivity index (χ4v) is 2.81. The van der Waals surface area contributed by atoms with Crippen molar-refractivity contribution in [2.45, 2.75) is 32.9 Å². The first kappa shape index (κ1) is 21.1. The first-order chi connectivity index (χ1) is 14.1. The molecule has 1 aromatic heterocycles. The number of nitrogens with one attached hydrogen (secondary N) is 1. The summed E-state index contributed by atoms with van der Waals surface area (Å²) in [7, 11) is 5.67. The Morgan fingerprint density at radius 2 is 2.03 bits per heavy atom. The van der Waals surface area contributed by atoms with Crippen molar-refractivity contribution in [1.29, 1.82) is 0 Å². The maximum Gasteiger partial charge on any atom is 0.194 e. The standard InChI is InChI=1S/C21H32N6O2/c1-16-24-25-20(27(16)3)14-23-21(26(2)11-12-29-15-18-5-6-18)22-13-17-7-9-19(28-4)10-8-17/h7-10,18H,5-6,11-15H2,1-4H3,(H,22,23). The monoisotopic (exact) mass is 400 g/mol. The van der Waals surface area contributed by atoms with Gasteiger partial charge in [-0.25, -0.2) is 4.99 Å². The van der Waals surface area contributed by atoms with E-state index in [1.807, 2.05) is 49.9 Å². The minimum Gasteiger partial charge on any atom is -0.497 e. The molecule has 0 radical (unpaired) electrons. The van der Waals surface area contributed by atoms with Crippen molar-refractivity contribution in [3.8, 4) is 5.75 Å². The van der Waals surface area contributed by atoms with Crippen molar-refractivity contribution in [1.82, 2.24) is 25.0 Å². The van der Waals surface area contributed by atoms with E-state index in [0.29, 0.717) is 19.7 Å². The molecule has 8 heteroatoms. The molecule has 1 heterocycles. The van der Waals surface area contributed by atoms with E-state index in [1.165, 1.54) is 12.8 Å². The van der Waals surface area contributed by atoms with Gasteiger partial charge in [0, 0.05) is 27.2 Å². The van der Waals surface area contributed by atoms with Gasteiger partial charge in [-0.05, 0) is 43.4 Å². The summed E-state index contributed by atoms with van der Waals surface area (Å²) >= 11 is 0. The summed E-state index contributed by atoms with van der Waals surface area (Å²) < 4.78 is 13.0. The summed E-state index contributed by atoms with van der Waals surface area (Å²) in [6.45, 7) is 5.43. The zero-order valence-corrected chi connectivity index (χ0v) is 17.9. The molecule has 0 amide bonds. The summed E-state index contributed by atoms with van der Waals surface area (Å²) in [6.07, 6.45) is 2.62. The van der Waals surface area contributed by atoms with E-state index in [9.17, 15) is 0 Å². The number of aryl methyl sites for hydroxylation is 1. The van der Waals surface area contributed by atoms with Crippen molar-refractivity contribution in [3.63, 3.8) is 0 Å². The number of benzene rings is 1. The first-order valence-electron chi connectivity index (χ1n) is 10.1. The number of guanidine groups is 1. The number of ether oxygens (including phenoxy) is 2. The number of likely N-dealkylation sites (N-methyl/N-ethyl adjacent to an activating group) is 1. The zero-order valence-electron chi connectivity index (χ0n) is 17.9. The van der Waals surface area contributed by atoms with Crippen molar-refractivity contribution in [2.75, 3.05) is 33.9 Å². The lowest BCUT2D eigenvalue weighted by Gasteiger charge is -2.22. The molecule has 1 aromatic carbocycles. The van der Waals surface area contributed by atoms with Crippen molar-refractivity contribution < 1.29 is 9.47 Å². The molecule has 0 spiro atoms. The molecule has 3 rings (SSSR count). The van der Waals surface area contributed by atoms with Crippen LogP contribution in [-0.4, -0.2) is 59.5 Å². The number of nitrogens with zero attached hydrogens (tertiary/aromatic N) is 5. The van der Waals surface area contributed by atoms with Crippen LogP contribution in [0.15, 0.2) is 29.3 Å². The molecule has 1 N–H and O–H groups in total. The van der Waals surface area contributed by atoms with E-state index in [4.69, 9.17) is 14.5 Å². The van der Waals surface area contributed by atoms with Crippen LogP contribution in [-0.2, 0) is 24.9 Å². The van der Waals surface area contributed by atoms with E-state index >= 15 is 0 Å². The van der Waals surface area contributed by atoms with Crippen molar-refractivity contribution >= 4 is 5.96 Å². The minimum absolute atomic E-state index is 0.562. The van der Waals surface area contributed by atoms with E-state index < -0.39 is 0 Å². The average Bonchev–Trinajstić information content (AvgIpc) is 3.51. The van der Waals surface area contributed by atoms with Crippen LogP contribution >= 0.6 is 0 Å². The van der Waals surface area contributed by atoms with Gasteiger partial charge in [0.1, 0.15) is 11.6 Å². The zero-order chi connectivity index (χ0) is 20.6. The normalized spacial score (nSPS) is 14.1. The highest BCUT2D eigenvalue weighted by Crippen LogP contribution is 2.28. The molecular weight excluding hydrogens is 368 g/mol. The van der Waals surface area contributed by atoms with Gasteiger partial charge in [-0.2, -0.15) is 0 Å². The van der Waals surface area contributed by atoms with Gasteiger partial charge in [-0.1, -0.05) is 12.1 Å². The second-order valence-electron chi connectivity index (χ2n) is 7.50. The van der Waals surface area contributed by atoms with E-state index in [0.717, 1.165) is 48.0 Å². The number of aliphatic imine (C=N–C) groups is 1. The quantitative estimate of drug-likeness (QED) is 0.374. The summed E-state index contributed by atoms with van der Waals surface area (Å²) in [6, 6.07) is 7.97. The Morgan fingerprint density at radius 3 is 2.66 bits per heavy atom. The Morgan fingerprint density at radius 1 is 1.28 bits per heavy atom. The van der Waals surface area contributed by atoms with Crippen LogP contribution < -0.4 is 10.1 Å². The summed E-state index contributed by atoms with van der Waals surface area (Å²) in [5, 5.41) is 11.8. The molecule has 0 unspecified atom stereocenters. The molecule has 1 aliphatic carbocycles. The Kier molecular flexibility index (Phi) is 7.46. The van der Waals surface area contributed by atoms with Gasteiger partial charge in [-0.3, -0.25) is 0 Å². The first-order valence-corrected chi connectivity index (χ1v) is 10.1. The number of hydrogen-bond acceptors (Lipinski definition) is 5. The molecule has 29 heavy (non-hydrogen) atoms. The van der Waals surface area contributed by atoms with E-state index in [2.05, 4.69) is 20.4 Å². The summed E-state index contributed by atoms with van der Waals surface area (Å²) in [5.74, 6) is 4.20. The van der Waals surface area contributed by atoms with Gasteiger partial charge in [0.2, 0.25) is 0 Å². The van der Waals surface area contributed by atoms with Crippen LogP contribution in [0.5, 0.6) is 5.75 Å². The predicted octanol–water partition coefficient (Wildman–Crippen LogP) is 2.14. The summed E-state index contributed by atoms with van der Waals surface area (Å²) in [4.78, 5) is 6.90. The molecular formula is C21H32N6O2. The van der Waals surface area contributed by atoms with Crippen LogP contribution in [0.1, 0.15) is 30.1 Å². The highest BCUT2D eigenvalue weighted by atomic mass is 16.5. The van der Waals surface area contributed by atoms with Crippen LogP contribution in [0.25, 0.3) is 0 Å². The largest absolute Gasteiger partial charge is 0.497 e. The lowest BCUT2D eigenvalue weighted by molar-refractivity contribution is 0.115. The third-order valence-electron chi connectivity index (χ3n) is 5.14. The SMILES string of the molecule is COc1ccc(CN=C(NCc2nnc(C)n2C)N(C)CCOCC2CC2)cc1. The maximum absolute atomic E-state index is 5.79. The smallest absolute Gasteiger partial charge is 0.194 e. The molecule has 0 aliphatic heterocycles. The molecule has 2 aromatic rings. The van der Waals surface area contributed by atoms with Gasteiger partial charge < -0.3 is 24.3 Å². The maximum atomic E-state index is 5.79. The van der Waals surface area contributed by atoms with Gasteiger partial charge in [0.15, 0.2) is 11.8 Å². The molecule has 0 atom stereocenters. The second kappa shape index (κ2) is 10.2. The number of rotatable bonds is 10. The van der Waals surface area contributed by atoms with Crippen LogP contribution in [0.3, 0.4) is 0 Å². The molecule has 1 saturated carbocycles. The Labute approximate surface area is 172 Å². The van der Waals surface area contributed by atoms with Crippen LogP contribution in [0.4, 0.5) is 0 Å². The fourth-order valence-electron chi connectivity index (χ4n) is 2.81. The lowest BCUT2D eigenvalue weighted by atomic mass is 10.2. The van der Waals surface area contributed by atoms with Gasteiger partial charge in [0.05, 0.1) is 26.8 Å². The molecule has 158 valence electrons. The Bertz CT molecular complexity index is 798. The Hall–Kier alpha value is -2.61.